The molecule has 0 saturated carbocycles. The number of amides is 1. The van der Waals surface area contributed by atoms with Crippen LogP contribution < -0.4 is 15.8 Å². The summed E-state index contributed by atoms with van der Waals surface area (Å²) in [5, 5.41) is 10.8. The van der Waals surface area contributed by atoms with Crippen molar-refractivity contribution in [1.29, 1.82) is 5.26 Å². The highest BCUT2D eigenvalue weighted by Crippen LogP contribution is 2.39. The Bertz CT molecular complexity index is 1140. The summed E-state index contributed by atoms with van der Waals surface area (Å²) in [5.74, 6) is -3.82. The number of aromatic nitrogens is 1. The fourth-order valence-corrected chi connectivity index (χ4v) is 3.21. The summed E-state index contributed by atoms with van der Waals surface area (Å²) in [5.41, 5.74) is 5.35. The number of hydrogen-bond donors (Lipinski definition) is 2. The molecule has 0 fully saturated rings. The van der Waals surface area contributed by atoms with Gasteiger partial charge in [0.25, 0.3) is 0 Å². The van der Waals surface area contributed by atoms with E-state index < -0.39 is 23.6 Å². The van der Waals surface area contributed by atoms with Gasteiger partial charge in [0.15, 0.2) is 5.13 Å². The number of nitrogens with one attached hydrogen (secondary N) is 1. The van der Waals surface area contributed by atoms with Gasteiger partial charge < -0.3 is 15.8 Å². The number of carbonyl (C=O) groups excluding carboxylic acids is 1. The summed E-state index contributed by atoms with van der Waals surface area (Å²) in [6.07, 6.45) is -5.21. The molecular formula is C16H7ClF4N4O2S. The van der Waals surface area contributed by atoms with E-state index in [9.17, 15) is 27.6 Å². The van der Waals surface area contributed by atoms with Crippen molar-refractivity contribution in [2.45, 2.75) is 6.18 Å². The number of hydrogen-bond acceptors (Lipinski definition) is 6. The molecule has 0 aliphatic carbocycles. The van der Waals surface area contributed by atoms with Crippen LogP contribution >= 0.6 is 22.9 Å². The molecule has 0 bridgehead atoms. The standard InChI is InChI=1S/C16H7ClF4N4O2S/c17-7-3-8(18)10(24-14(26)16(19,20)21)4-12(7)27-11-2-1-9-13(6(11)5-22)28-15(23)25-9/h1-4H,(H2,23,25)(H,24,26). The van der Waals surface area contributed by atoms with Gasteiger partial charge in [-0.15, -0.1) is 0 Å². The van der Waals surface area contributed by atoms with E-state index in [4.69, 9.17) is 22.1 Å². The first kappa shape index (κ1) is 19.7. The van der Waals surface area contributed by atoms with E-state index in [2.05, 4.69) is 4.98 Å². The lowest BCUT2D eigenvalue weighted by atomic mass is 10.2. The van der Waals surface area contributed by atoms with Gasteiger partial charge in [-0.3, -0.25) is 4.79 Å². The number of anilines is 2. The van der Waals surface area contributed by atoms with E-state index in [0.29, 0.717) is 16.3 Å². The third-order valence-corrected chi connectivity index (χ3v) is 4.61. The second-order valence-electron chi connectivity index (χ2n) is 5.27. The number of alkyl halides is 3. The number of nitrogen functional groups attached to an aromatic ring is 1. The molecule has 0 spiro atoms. The summed E-state index contributed by atoms with van der Waals surface area (Å²) in [7, 11) is 0. The monoisotopic (exact) mass is 430 g/mol. The minimum absolute atomic E-state index is 0.000237. The maximum Gasteiger partial charge on any atom is 0.471 e. The third kappa shape index (κ3) is 3.78. The van der Waals surface area contributed by atoms with Crippen molar-refractivity contribution < 1.29 is 27.1 Å². The van der Waals surface area contributed by atoms with Crippen molar-refractivity contribution in [3.63, 3.8) is 0 Å². The van der Waals surface area contributed by atoms with Crippen molar-refractivity contribution in [3.8, 4) is 17.6 Å². The minimum Gasteiger partial charge on any atom is -0.454 e. The highest BCUT2D eigenvalue weighted by atomic mass is 35.5. The van der Waals surface area contributed by atoms with Gasteiger partial charge in [0.1, 0.15) is 28.9 Å². The number of halogens is 5. The van der Waals surface area contributed by atoms with Crippen molar-refractivity contribution in [1.82, 2.24) is 4.98 Å². The van der Waals surface area contributed by atoms with Crippen LogP contribution in [0.25, 0.3) is 10.2 Å². The topological polar surface area (TPSA) is 101 Å². The molecule has 2 aromatic carbocycles. The lowest BCUT2D eigenvalue weighted by molar-refractivity contribution is -0.167. The van der Waals surface area contributed by atoms with Crippen molar-refractivity contribution in [2.75, 3.05) is 11.1 Å². The smallest absolute Gasteiger partial charge is 0.454 e. The Morgan fingerprint density at radius 3 is 2.68 bits per heavy atom. The summed E-state index contributed by atoms with van der Waals surface area (Å²) < 4.78 is 57.0. The molecule has 0 saturated heterocycles. The molecule has 1 heterocycles. The van der Waals surface area contributed by atoms with Crippen molar-refractivity contribution >= 4 is 49.9 Å². The van der Waals surface area contributed by atoms with Gasteiger partial charge in [-0.2, -0.15) is 18.4 Å². The SMILES string of the molecule is N#Cc1c(Oc2cc(NC(=O)C(F)(F)F)c(F)cc2Cl)ccc2nc(N)sc12. The van der Waals surface area contributed by atoms with Crippen LogP contribution in [-0.2, 0) is 4.79 Å². The van der Waals surface area contributed by atoms with Crippen LogP contribution in [0.2, 0.25) is 5.02 Å². The molecule has 1 amide bonds. The fourth-order valence-electron chi connectivity index (χ4n) is 2.20. The van der Waals surface area contributed by atoms with E-state index in [1.807, 2.05) is 6.07 Å². The highest BCUT2D eigenvalue weighted by molar-refractivity contribution is 7.22. The van der Waals surface area contributed by atoms with Gasteiger partial charge in [-0.25, -0.2) is 9.37 Å². The first-order chi connectivity index (χ1) is 13.1. The van der Waals surface area contributed by atoms with E-state index in [-0.39, 0.29) is 27.2 Å². The summed E-state index contributed by atoms with van der Waals surface area (Å²) in [4.78, 5) is 15.1. The second-order valence-corrected chi connectivity index (χ2v) is 6.71. The highest BCUT2D eigenvalue weighted by Gasteiger charge is 2.39. The fraction of sp³-hybridized carbons (Fsp3) is 0.0625. The molecule has 3 N–H and O–H groups in total. The molecule has 0 aliphatic heterocycles. The quantitative estimate of drug-likeness (QED) is 0.579. The van der Waals surface area contributed by atoms with Gasteiger partial charge in [0.2, 0.25) is 0 Å². The number of rotatable bonds is 3. The van der Waals surface area contributed by atoms with Crippen LogP contribution in [0.3, 0.4) is 0 Å². The van der Waals surface area contributed by atoms with E-state index >= 15 is 0 Å². The molecule has 12 heteroatoms. The van der Waals surface area contributed by atoms with Gasteiger partial charge in [0.05, 0.1) is 20.9 Å². The Balaban J connectivity index is 2.01. The maximum absolute atomic E-state index is 13.9. The minimum atomic E-state index is -5.21. The van der Waals surface area contributed by atoms with Crippen LogP contribution in [0.5, 0.6) is 11.5 Å². The average Bonchev–Trinajstić information content (AvgIpc) is 2.98. The Morgan fingerprint density at radius 1 is 1.32 bits per heavy atom. The summed E-state index contributed by atoms with van der Waals surface area (Å²) in [6.45, 7) is 0. The second kappa shape index (κ2) is 7.14. The van der Waals surface area contributed by atoms with Gasteiger partial charge in [-0.05, 0) is 18.2 Å². The molecule has 0 unspecified atom stereocenters. The predicted octanol–water partition coefficient (Wildman–Crippen LogP) is 4.84. The molecule has 3 aromatic rings. The van der Waals surface area contributed by atoms with Crippen LogP contribution in [0, 0.1) is 17.1 Å². The van der Waals surface area contributed by atoms with Gasteiger partial charge in [-0.1, -0.05) is 22.9 Å². The number of nitriles is 1. The maximum atomic E-state index is 13.9. The first-order valence-electron chi connectivity index (χ1n) is 7.24. The van der Waals surface area contributed by atoms with Gasteiger partial charge in [0, 0.05) is 6.07 Å². The number of carbonyl (C=O) groups is 1. The van der Waals surface area contributed by atoms with E-state index in [1.165, 1.54) is 17.4 Å². The number of nitrogens with zero attached hydrogens (tertiary/aromatic N) is 2. The van der Waals surface area contributed by atoms with Crippen molar-refractivity contribution in [3.05, 3.63) is 40.7 Å². The lowest BCUT2D eigenvalue weighted by Gasteiger charge is -2.13. The zero-order valence-corrected chi connectivity index (χ0v) is 15.0. The van der Waals surface area contributed by atoms with Crippen molar-refractivity contribution in [2.24, 2.45) is 0 Å². The normalized spacial score (nSPS) is 11.3. The molecule has 6 nitrogen and oxygen atoms in total. The molecule has 1 aromatic heterocycles. The number of ether oxygens (including phenoxy) is 1. The lowest BCUT2D eigenvalue weighted by Crippen LogP contribution is -2.30. The molecule has 144 valence electrons. The van der Waals surface area contributed by atoms with Crippen LogP contribution in [-0.4, -0.2) is 17.1 Å². The van der Waals surface area contributed by atoms with Crippen LogP contribution in [0.4, 0.5) is 28.4 Å². The molecule has 28 heavy (non-hydrogen) atoms. The zero-order valence-electron chi connectivity index (χ0n) is 13.4. The summed E-state index contributed by atoms with van der Waals surface area (Å²) in [6, 6.07) is 6.29. The molecule has 0 radical (unpaired) electrons. The van der Waals surface area contributed by atoms with Gasteiger partial charge >= 0.3 is 12.1 Å². The Hall–Kier alpha value is -3.10. The zero-order chi connectivity index (χ0) is 20.6. The van der Waals surface area contributed by atoms with Crippen LogP contribution in [0.1, 0.15) is 5.56 Å². The predicted molar refractivity (Wildman–Crippen MR) is 94.9 cm³/mol. The third-order valence-electron chi connectivity index (χ3n) is 3.39. The van der Waals surface area contributed by atoms with E-state index in [0.717, 1.165) is 17.4 Å². The largest absolute Gasteiger partial charge is 0.471 e. The Labute approximate surface area is 163 Å². The van der Waals surface area contributed by atoms with E-state index in [1.54, 1.807) is 0 Å². The molecule has 3 rings (SSSR count). The number of fused-ring (bicyclic) bond motifs is 1. The first-order valence-corrected chi connectivity index (χ1v) is 8.43. The number of thiazole rings is 1. The Kier molecular flexibility index (Phi) is 5.01. The molecular weight excluding hydrogens is 424 g/mol. The number of nitrogens with two attached hydrogens (primary N) is 1. The number of benzene rings is 2. The molecule has 0 aliphatic rings. The van der Waals surface area contributed by atoms with Crippen LogP contribution in [0.15, 0.2) is 24.3 Å². The Morgan fingerprint density at radius 2 is 2.04 bits per heavy atom. The molecule has 0 atom stereocenters. The summed E-state index contributed by atoms with van der Waals surface area (Å²) >= 11 is 6.92. The average molecular weight is 431 g/mol.